The molecule has 1 fully saturated rings. The molecule has 3 atom stereocenters. The van der Waals surface area contributed by atoms with Gasteiger partial charge in [0.25, 0.3) is 0 Å². The van der Waals surface area contributed by atoms with Crippen molar-refractivity contribution in [3.8, 4) is 11.8 Å². The minimum atomic E-state index is -0.681. The molecule has 0 radical (unpaired) electrons. The number of aliphatic hydroxyl groups is 1. The Morgan fingerprint density at radius 3 is 2.74 bits per heavy atom. The highest BCUT2D eigenvalue weighted by Gasteiger charge is 2.34. The van der Waals surface area contributed by atoms with Crippen molar-refractivity contribution in [3.63, 3.8) is 0 Å². The highest BCUT2D eigenvalue weighted by molar-refractivity contribution is 5.66. The largest absolute Gasteiger partial charge is 0.481 e. The van der Waals surface area contributed by atoms with Crippen LogP contribution in [0.25, 0.3) is 0 Å². The van der Waals surface area contributed by atoms with Crippen LogP contribution in [0.5, 0.6) is 0 Å². The molecule has 0 aromatic heterocycles. The maximum absolute atomic E-state index is 10.4. The topological polar surface area (TPSA) is 57.5 Å². The smallest absolute Gasteiger partial charge is 0.303 e. The Kier molecular flexibility index (Phi) is 10.5. The van der Waals surface area contributed by atoms with Gasteiger partial charge in [-0.05, 0) is 56.4 Å². The van der Waals surface area contributed by atoms with Crippen molar-refractivity contribution in [2.45, 2.75) is 83.7 Å². The third-order valence-corrected chi connectivity index (χ3v) is 4.52. The number of rotatable bonds is 12. The Morgan fingerprint density at radius 1 is 1.22 bits per heavy atom. The molecule has 23 heavy (non-hydrogen) atoms. The van der Waals surface area contributed by atoms with E-state index in [0.29, 0.717) is 6.42 Å². The highest BCUT2D eigenvalue weighted by Crippen LogP contribution is 2.45. The predicted octanol–water partition coefficient (Wildman–Crippen LogP) is 4.55. The average Bonchev–Trinajstić information content (AvgIpc) is 3.26. The van der Waals surface area contributed by atoms with Crippen molar-refractivity contribution >= 4 is 5.97 Å². The first-order chi connectivity index (χ1) is 11.1. The number of aliphatic carboxylic acids is 1. The minimum absolute atomic E-state index is 0.309. The zero-order chi connectivity index (χ0) is 16.9. The van der Waals surface area contributed by atoms with Gasteiger partial charge in [0.15, 0.2) is 0 Å². The number of hydrogen-bond acceptors (Lipinski definition) is 2. The molecule has 0 heterocycles. The number of aliphatic hydroxyl groups excluding tert-OH is 1. The molecule has 2 N–H and O–H groups in total. The van der Waals surface area contributed by atoms with Gasteiger partial charge in [0, 0.05) is 6.42 Å². The van der Waals surface area contributed by atoms with Crippen LogP contribution >= 0.6 is 0 Å². The summed E-state index contributed by atoms with van der Waals surface area (Å²) >= 11 is 0. The van der Waals surface area contributed by atoms with Crippen LogP contribution in [-0.4, -0.2) is 22.3 Å². The van der Waals surface area contributed by atoms with E-state index in [1.54, 1.807) is 0 Å². The van der Waals surface area contributed by atoms with Crippen molar-refractivity contribution < 1.29 is 15.0 Å². The van der Waals surface area contributed by atoms with E-state index in [1.165, 1.54) is 25.7 Å². The predicted molar refractivity (Wildman–Crippen MR) is 94.0 cm³/mol. The van der Waals surface area contributed by atoms with Gasteiger partial charge in [-0.25, -0.2) is 0 Å². The van der Waals surface area contributed by atoms with Gasteiger partial charge in [0.1, 0.15) is 6.10 Å². The molecule has 0 aliphatic heterocycles. The standard InChI is InChI=1S/C20H32O3/c1-2-3-6-13-19(21)14-8-5-4-7-11-17-16-18(17)12-9-10-15-20(22)23/h4-5,17-19,21H,2-3,6-7,9-13,15-16H2,1H3,(H,22,23)/b5-4-/t17-,18-,19+/m1/s1. The fourth-order valence-corrected chi connectivity index (χ4v) is 2.96. The van der Waals surface area contributed by atoms with E-state index in [9.17, 15) is 9.90 Å². The third kappa shape index (κ3) is 11.0. The van der Waals surface area contributed by atoms with Gasteiger partial charge >= 0.3 is 5.97 Å². The molecular formula is C20H32O3. The molecule has 130 valence electrons. The summed E-state index contributed by atoms with van der Waals surface area (Å²) in [6.07, 6.45) is 14.6. The normalized spacial score (nSPS) is 21.0. The Hall–Kier alpha value is -1.27. The van der Waals surface area contributed by atoms with Crippen LogP contribution in [0.4, 0.5) is 0 Å². The summed E-state index contributed by atoms with van der Waals surface area (Å²) in [7, 11) is 0. The average molecular weight is 320 g/mol. The number of carboxylic acids is 1. The molecule has 1 saturated carbocycles. The number of allylic oxidation sites excluding steroid dienone is 2. The molecule has 0 saturated heterocycles. The second kappa shape index (κ2) is 12.2. The Morgan fingerprint density at radius 2 is 2.00 bits per heavy atom. The molecule has 0 bridgehead atoms. The van der Waals surface area contributed by atoms with Gasteiger partial charge in [-0.2, -0.15) is 0 Å². The monoisotopic (exact) mass is 320 g/mol. The zero-order valence-corrected chi connectivity index (χ0v) is 14.5. The van der Waals surface area contributed by atoms with Crippen LogP contribution in [0.1, 0.15) is 77.6 Å². The molecule has 3 heteroatoms. The van der Waals surface area contributed by atoms with E-state index in [4.69, 9.17) is 5.11 Å². The second-order valence-corrected chi connectivity index (χ2v) is 6.68. The van der Waals surface area contributed by atoms with Gasteiger partial charge in [-0.3, -0.25) is 4.79 Å². The van der Waals surface area contributed by atoms with Gasteiger partial charge in [-0.15, -0.1) is 0 Å². The molecule has 1 rings (SSSR count). The third-order valence-electron chi connectivity index (χ3n) is 4.52. The van der Waals surface area contributed by atoms with Crippen molar-refractivity contribution in [2.75, 3.05) is 0 Å². The summed E-state index contributed by atoms with van der Waals surface area (Å²) in [5.41, 5.74) is 0. The Balaban J connectivity index is 1.98. The summed E-state index contributed by atoms with van der Waals surface area (Å²) in [5, 5.41) is 18.2. The van der Waals surface area contributed by atoms with Crippen LogP contribution in [-0.2, 0) is 4.79 Å². The van der Waals surface area contributed by atoms with E-state index in [-0.39, 0.29) is 0 Å². The Bertz CT molecular complexity index is 416. The SMILES string of the molecule is CCCCC[C@H](O)C#C/C=C\CC[C@@H]1C[C@H]1CCCCC(=O)O. The molecule has 0 spiro atoms. The van der Waals surface area contributed by atoms with Crippen LogP contribution in [0.2, 0.25) is 0 Å². The van der Waals surface area contributed by atoms with Gasteiger partial charge in [0.2, 0.25) is 0 Å². The fraction of sp³-hybridized carbons (Fsp3) is 0.750. The Labute approximate surface area is 141 Å². The molecule has 1 aliphatic rings. The zero-order valence-electron chi connectivity index (χ0n) is 14.5. The number of hydrogen-bond donors (Lipinski definition) is 2. The summed E-state index contributed by atoms with van der Waals surface area (Å²) in [4.78, 5) is 10.4. The first kappa shape index (κ1) is 19.8. The fourth-order valence-electron chi connectivity index (χ4n) is 2.96. The second-order valence-electron chi connectivity index (χ2n) is 6.68. The number of carboxylic acid groups (broad SMARTS) is 1. The van der Waals surface area contributed by atoms with Crippen molar-refractivity contribution in [1.29, 1.82) is 0 Å². The van der Waals surface area contributed by atoms with Crippen LogP contribution in [0.3, 0.4) is 0 Å². The summed E-state index contributed by atoms with van der Waals surface area (Å²) in [6.45, 7) is 2.15. The van der Waals surface area contributed by atoms with Gasteiger partial charge in [0.05, 0.1) is 0 Å². The van der Waals surface area contributed by atoms with Crippen molar-refractivity contribution in [2.24, 2.45) is 11.8 Å². The van der Waals surface area contributed by atoms with E-state index in [1.807, 2.05) is 6.08 Å². The summed E-state index contributed by atoms with van der Waals surface area (Å²) in [5.74, 6) is 6.77. The van der Waals surface area contributed by atoms with Crippen molar-refractivity contribution in [1.82, 2.24) is 0 Å². The number of carbonyl (C=O) groups is 1. The summed E-state index contributed by atoms with van der Waals surface area (Å²) < 4.78 is 0. The first-order valence-electron chi connectivity index (χ1n) is 9.19. The molecule has 0 aromatic rings. The molecule has 0 amide bonds. The van der Waals surface area contributed by atoms with Crippen LogP contribution < -0.4 is 0 Å². The lowest BCUT2D eigenvalue weighted by Gasteiger charge is -2.00. The van der Waals surface area contributed by atoms with E-state index >= 15 is 0 Å². The lowest BCUT2D eigenvalue weighted by atomic mass is 10.1. The van der Waals surface area contributed by atoms with E-state index in [2.05, 4.69) is 24.8 Å². The highest BCUT2D eigenvalue weighted by atomic mass is 16.4. The molecule has 0 aromatic carbocycles. The van der Waals surface area contributed by atoms with Crippen LogP contribution in [0, 0.1) is 23.7 Å². The summed E-state index contributed by atoms with van der Waals surface area (Å²) in [6, 6.07) is 0. The first-order valence-corrected chi connectivity index (χ1v) is 9.19. The van der Waals surface area contributed by atoms with Gasteiger partial charge in [-0.1, -0.05) is 50.5 Å². The number of unbranched alkanes of at least 4 members (excludes halogenated alkanes) is 3. The quantitative estimate of drug-likeness (QED) is 0.410. The van der Waals surface area contributed by atoms with Crippen molar-refractivity contribution in [3.05, 3.63) is 12.2 Å². The van der Waals surface area contributed by atoms with E-state index in [0.717, 1.165) is 50.4 Å². The van der Waals surface area contributed by atoms with Gasteiger partial charge < -0.3 is 10.2 Å². The lowest BCUT2D eigenvalue weighted by Crippen LogP contribution is -2.01. The molecule has 0 unspecified atom stereocenters. The molecule has 1 aliphatic carbocycles. The maximum atomic E-state index is 10.4. The van der Waals surface area contributed by atoms with Crippen LogP contribution in [0.15, 0.2) is 12.2 Å². The minimum Gasteiger partial charge on any atom is -0.481 e. The molecular weight excluding hydrogens is 288 g/mol. The molecule has 3 nitrogen and oxygen atoms in total. The lowest BCUT2D eigenvalue weighted by molar-refractivity contribution is -0.137. The van der Waals surface area contributed by atoms with E-state index < -0.39 is 12.1 Å². The maximum Gasteiger partial charge on any atom is 0.303 e.